The zero-order valence-corrected chi connectivity index (χ0v) is 8.27. The van der Waals surface area contributed by atoms with Gasteiger partial charge in [0.2, 0.25) is 11.8 Å². The fourth-order valence-corrected chi connectivity index (χ4v) is 2.40. The Morgan fingerprint density at radius 2 is 1.36 bits per heavy atom. The molecule has 1 aliphatic heterocycles. The summed E-state index contributed by atoms with van der Waals surface area (Å²) >= 11 is 0. The van der Waals surface area contributed by atoms with Crippen molar-refractivity contribution < 1.29 is 9.59 Å². The van der Waals surface area contributed by atoms with Crippen LogP contribution in [-0.4, -0.2) is 24.9 Å². The molecular formula is C10H16N2O2. The lowest BCUT2D eigenvalue weighted by molar-refractivity contribution is -0.144. The van der Waals surface area contributed by atoms with E-state index in [0.717, 1.165) is 19.3 Å². The van der Waals surface area contributed by atoms with Gasteiger partial charge in [-0.15, -0.1) is 0 Å². The highest BCUT2D eigenvalue weighted by Crippen LogP contribution is 2.37. The Morgan fingerprint density at radius 1 is 0.857 bits per heavy atom. The van der Waals surface area contributed by atoms with Gasteiger partial charge in [0.05, 0.1) is 0 Å². The number of carbonyl (C=O) groups excluding carboxylic acids is 2. The lowest BCUT2D eigenvalue weighted by atomic mass is 9.72. The van der Waals surface area contributed by atoms with E-state index in [0.29, 0.717) is 25.9 Å². The highest BCUT2D eigenvalue weighted by molar-refractivity contribution is 6.05. The third-order valence-electron chi connectivity index (χ3n) is 3.27. The first kappa shape index (κ1) is 9.49. The number of hydrogen-bond acceptors (Lipinski definition) is 2. The fraction of sp³-hybridized carbons (Fsp3) is 0.800. The van der Waals surface area contributed by atoms with Crippen molar-refractivity contribution >= 4 is 11.8 Å². The van der Waals surface area contributed by atoms with Crippen molar-refractivity contribution in [1.29, 1.82) is 0 Å². The predicted octanol–water partition coefficient (Wildman–Crippen LogP) is 0.183. The van der Waals surface area contributed by atoms with Gasteiger partial charge < -0.3 is 10.6 Å². The molecule has 2 N–H and O–H groups in total. The molecule has 0 bridgehead atoms. The molecular weight excluding hydrogens is 180 g/mol. The summed E-state index contributed by atoms with van der Waals surface area (Å²) in [6.45, 7) is 1.12. The van der Waals surface area contributed by atoms with Crippen LogP contribution in [0.1, 0.15) is 32.1 Å². The second-order valence-electron chi connectivity index (χ2n) is 4.15. The van der Waals surface area contributed by atoms with Gasteiger partial charge >= 0.3 is 0 Å². The molecule has 0 aromatic carbocycles. The number of carbonyl (C=O) groups is 2. The summed E-state index contributed by atoms with van der Waals surface area (Å²) in [5, 5.41) is 5.63. The lowest BCUT2D eigenvalue weighted by Crippen LogP contribution is -2.48. The van der Waals surface area contributed by atoms with Crippen molar-refractivity contribution in [2.24, 2.45) is 5.41 Å². The molecule has 2 rings (SSSR count). The molecule has 0 aromatic rings. The molecule has 4 nitrogen and oxygen atoms in total. The average Bonchev–Trinajstić information content (AvgIpc) is 2.35. The zero-order valence-electron chi connectivity index (χ0n) is 8.27. The van der Waals surface area contributed by atoms with Gasteiger partial charge in [-0.3, -0.25) is 9.59 Å². The van der Waals surface area contributed by atoms with E-state index in [4.69, 9.17) is 0 Å². The molecule has 1 aliphatic carbocycles. The van der Waals surface area contributed by atoms with Crippen molar-refractivity contribution in [1.82, 2.24) is 10.6 Å². The lowest BCUT2D eigenvalue weighted by Gasteiger charge is -2.32. The van der Waals surface area contributed by atoms with E-state index in [1.54, 1.807) is 0 Å². The molecule has 2 aliphatic rings. The van der Waals surface area contributed by atoms with Crippen LogP contribution in [0.15, 0.2) is 0 Å². The summed E-state index contributed by atoms with van der Waals surface area (Å²) in [5.41, 5.74) is -0.741. The second-order valence-corrected chi connectivity index (χ2v) is 4.15. The van der Waals surface area contributed by atoms with Crippen LogP contribution in [0.4, 0.5) is 0 Å². The van der Waals surface area contributed by atoms with Gasteiger partial charge in [0.15, 0.2) is 0 Å². The molecule has 0 atom stereocenters. The summed E-state index contributed by atoms with van der Waals surface area (Å²) in [4.78, 5) is 23.7. The van der Waals surface area contributed by atoms with Gasteiger partial charge in [-0.05, 0) is 12.8 Å². The van der Waals surface area contributed by atoms with Crippen LogP contribution in [-0.2, 0) is 9.59 Å². The first-order valence-electron chi connectivity index (χ1n) is 5.32. The summed E-state index contributed by atoms with van der Waals surface area (Å²) in [6, 6.07) is 0. The number of rotatable bonds is 0. The molecule has 1 saturated carbocycles. The summed E-state index contributed by atoms with van der Waals surface area (Å²) in [6.07, 6.45) is 4.54. The third kappa shape index (κ3) is 1.38. The molecule has 2 amide bonds. The maximum absolute atomic E-state index is 11.8. The highest BCUT2D eigenvalue weighted by Gasteiger charge is 2.46. The minimum Gasteiger partial charge on any atom is -0.353 e. The minimum absolute atomic E-state index is 0.0628. The number of hydrogen-bond donors (Lipinski definition) is 2. The van der Waals surface area contributed by atoms with Crippen molar-refractivity contribution in [3.8, 4) is 0 Å². The van der Waals surface area contributed by atoms with Gasteiger partial charge in [-0.25, -0.2) is 0 Å². The van der Waals surface area contributed by atoms with Crippen LogP contribution < -0.4 is 10.6 Å². The molecule has 0 unspecified atom stereocenters. The van der Waals surface area contributed by atoms with E-state index in [2.05, 4.69) is 10.6 Å². The molecule has 1 heterocycles. The fourth-order valence-electron chi connectivity index (χ4n) is 2.40. The second kappa shape index (κ2) is 3.59. The topological polar surface area (TPSA) is 58.2 Å². The van der Waals surface area contributed by atoms with Crippen molar-refractivity contribution in [3.05, 3.63) is 0 Å². The quantitative estimate of drug-likeness (QED) is 0.543. The largest absolute Gasteiger partial charge is 0.353 e. The average molecular weight is 196 g/mol. The van der Waals surface area contributed by atoms with Crippen molar-refractivity contribution in [3.63, 3.8) is 0 Å². The first-order chi connectivity index (χ1) is 6.76. The Bertz CT molecular complexity index is 237. The van der Waals surface area contributed by atoms with Crippen LogP contribution >= 0.6 is 0 Å². The Balaban J connectivity index is 2.25. The van der Waals surface area contributed by atoms with Crippen LogP contribution in [0.25, 0.3) is 0 Å². The van der Waals surface area contributed by atoms with Crippen LogP contribution in [0, 0.1) is 5.41 Å². The molecule has 1 saturated heterocycles. The molecule has 2 fully saturated rings. The van der Waals surface area contributed by atoms with Crippen molar-refractivity contribution in [2.45, 2.75) is 32.1 Å². The Morgan fingerprint density at radius 3 is 1.86 bits per heavy atom. The maximum Gasteiger partial charge on any atom is 0.235 e. The van der Waals surface area contributed by atoms with Crippen molar-refractivity contribution in [2.75, 3.05) is 13.1 Å². The minimum atomic E-state index is -0.741. The summed E-state index contributed by atoms with van der Waals surface area (Å²) in [5.74, 6) is -0.126. The highest BCUT2D eigenvalue weighted by atomic mass is 16.2. The predicted molar refractivity (Wildman–Crippen MR) is 51.5 cm³/mol. The molecule has 4 heteroatoms. The van der Waals surface area contributed by atoms with E-state index >= 15 is 0 Å². The number of amides is 2. The van der Waals surface area contributed by atoms with Gasteiger partial charge in [0, 0.05) is 13.1 Å². The Kier molecular flexibility index (Phi) is 2.44. The SMILES string of the molecule is O=C1NCCNC(=O)C12CCCCC2. The van der Waals surface area contributed by atoms with Gasteiger partial charge in [0.25, 0.3) is 0 Å². The number of nitrogens with one attached hydrogen (secondary N) is 2. The smallest absolute Gasteiger partial charge is 0.235 e. The van der Waals surface area contributed by atoms with Gasteiger partial charge in [-0.2, -0.15) is 0 Å². The van der Waals surface area contributed by atoms with Gasteiger partial charge in [-0.1, -0.05) is 19.3 Å². The third-order valence-corrected chi connectivity index (χ3v) is 3.27. The molecule has 0 aromatic heterocycles. The molecule has 14 heavy (non-hydrogen) atoms. The van der Waals surface area contributed by atoms with E-state index in [9.17, 15) is 9.59 Å². The summed E-state index contributed by atoms with van der Waals surface area (Å²) in [7, 11) is 0. The van der Waals surface area contributed by atoms with Crippen LogP contribution in [0.5, 0.6) is 0 Å². The molecule has 78 valence electrons. The van der Waals surface area contributed by atoms with E-state index in [1.807, 2.05) is 0 Å². The molecule has 1 spiro atoms. The van der Waals surface area contributed by atoms with E-state index < -0.39 is 5.41 Å². The van der Waals surface area contributed by atoms with E-state index in [1.165, 1.54) is 0 Å². The van der Waals surface area contributed by atoms with Crippen LogP contribution in [0.3, 0.4) is 0 Å². The zero-order chi connectivity index (χ0) is 10.0. The Hall–Kier alpha value is -1.06. The van der Waals surface area contributed by atoms with Crippen LogP contribution in [0.2, 0.25) is 0 Å². The maximum atomic E-state index is 11.8. The molecule has 0 radical (unpaired) electrons. The standard InChI is InChI=1S/C10H16N2O2/c13-8-10(4-2-1-3-5-10)9(14)12-7-6-11-8/h1-7H2,(H,11,13)(H,12,14). The van der Waals surface area contributed by atoms with E-state index in [-0.39, 0.29) is 11.8 Å². The monoisotopic (exact) mass is 196 g/mol. The summed E-state index contributed by atoms with van der Waals surface area (Å²) < 4.78 is 0. The normalized spacial score (nSPS) is 26.6. The Labute approximate surface area is 83.4 Å². The first-order valence-corrected chi connectivity index (χ1v) is 5.32. The van der Waals surface area contributed by atoms with Gasteiger partial charge in [0.1, 0.15) is 5.41 Å².